The highest BCUT2D eigenvalue weighted by Crippen LogP contribution is 2.63. The smallest absolute Gasteiger partial charge is 0.229 e. The molecule has 1 amide bonds. The van der Waals surface area contributed by atoms with Crippen LogP contribution in [0.15, 0.2) is 18.2 Å². The van der Waals surface area contributed by atoms with E-state index in [0.29, 0.717) is 25.4 Å². The number of amides is 1. The van der Waals surface area contributed by atoms with Crippen molar-refractivity contribution in [3.05, 3.63) is 23.8 Å². The minimum absolute atomic E-state index is 0.132. The molecule has 1 fully saturated rings. The third-order valence-electron chi connectivity index (χ3n) is 4.50. The summed E-state index contributed by atoms with van der Waals surface area (Å²) in [5.41, 5.74) is 0.220. The summed E-state index contributed by atoms with van der Waals surface area (Å²) in [5, 5.41) is 3.00. The monoisotopic (exact) mass is 387 g/mol. The molecule has 0 spiro atoms. The molecule has 0 aliphatic heterocycles. The maximum absolute atomic E-state index is 12.5. The fourth-order valence-corrected chi connectivity index (χ4v) is 3.24. The van der Waals surface area contributed by atoms with Gasteiger partial charge in [-0.15, -0.1) is 23.2 Å². The maximum atomic E-state index is 12.5. The molecule has 2 atom stereocenters. The van der Waals surface area contributed by atoms with Gasteiger partial charge in [0.1, 0.15) is 4.33 Å². The SMILES string of the molecule is CCCOc1ccc([C@H](C)NC(=O)[C@]2(C)CC2(Cl)Cl)cc1OCCC. The fraction of sp³-hybridized carbons (Fsp3) is 0.632. The molecule has 140 valence electrons. The summed E-state index contributed by atoms with van der Waals surface area (Å²) in [6.07, 6.45) is 2.31. The van der Waals surface area contributed by atoms with Crippen LogP contribution in [-0.4, -0.2) is 23.5 Å². The fourth-order valence-electron chi connectivity index (χ4n) is 2.54. The van der Waals surface area contributed by atoms with Crippen molar-refractivity contribution in [3.63, 3.8) is 0 Å². The number of halogens is 2. The molecule has 0 saturated heterocycles. The van der Waals surface area contributed by atoms with Crippen molar-refractivity contribution >= 4 is 29.1 Å². The lowest BCUT2D eigenvalue weighted by atomic mass is 10.0. The molecule has 25 heavy (non-hydrogen) atoms. The Morgan fingerprint density at radius 1 is 1.20 bits per heavy atom. The molecule has 1 aromatic rings. The second-order valence-electron chi connectivity index (χ2n) is 6.81. The predicted octanol–water partition coefficient (Wildman–Crippen LogP) is 5.03. The maximum Gasteiger partial charge on any atom is 0.229 e. The Morgan fingerprint density at radius 3 is 2.28 bits per heavy atom. The van der Waals surface area contributed by atoms with Gasteiger partial charge >= 0.3 is 0 Å². The van der Waals surface area contributed by atoms with E-state index in [0.717, 1.165) is 24.2 Å². The number of hydrogen-bond donors (Lipinski definition) is 1. The first kappa shape index (κ1) is 20.2. The van der Waals surface area contributed by atoms with Gasteiger partial charge in [-0.2, -0.15) is 0 Å². The molecule has 0 aromatic heterocycles. The summed E-state index contributed by atoms with van der Waals surface area (Å²) in [6.45, 7) is 9.09. The van der Waals surface area contributed by atoms with Crippen LogP contribution in [0.1, 0.15) is 58.6 Å². The van der Waals surface area contributed by atoms with E-state index in [1.807, 2.05) is 25.1 Å². The van der Waals surface area contributed by atoms with Gasteiger partial charge in [0, 0.05) is 0 Å². The average Bonchev–Trinajstić information content (AvgIpc) is 3.10. The Hall–Kier alpha value is -1.13. The summed E-state index contributed by atoms with van der Waals surface area (Å²) >= 11 is 12.2. The van der Waals surface area contributed by atoms with Gasteiger partial charge in [-0.1, -0.05) is 19.9 Å². The van der Waals surface area contributed by atoms with Crippen LogP contribution in [0.5, 0.6) is 11.5 Å². The van der Waals surface area contributed by atoms with Crippen LogP contribution in [0.4, 0.5) is 0 Å². The molecule has 1 N–H and O–H groups in total. The predicted molar refractivity (Wildman–Crippen MR) is 102 cm³/mol. The van der Waals surface area contributed by atoms with Gasteiger partial charge in [0.2, 0.25) is 5.91 Å². The summed E-state index contributed by atoms with van der Waals surface area (Å²) in [7, 11) is 0. The lowest BCUT2D eigenvalue weighted by Gasteiger charge is -2.20. The normalized spacial score (nSPS) is 22.2. The highest BCUT2D eigenvalue weighted by Gasteiger charge is 2.67. The highest BCUT2D eigenvalue weighted by molar-refractivity contribution is 6.53. The van der Waals surface area contributed by atoms with Crippen LogP contribution in [0.2, 0.25) is 0 Å². The van der Waals surface area contributed by atoms with Crippen molar-refractivity contribution in [3.8, 4) is 11.5 Å². The molecular weight excluding hydrogens is 361 g/mol. The minimum atomic E-state index is -0.968. The van der Waals surface area contributed by atoms with Crippen molar-refractivity contribution in [2.24, 2.45) is 5.41 Å². The van der Waals surface area contributed by atoms with Crippen molar-refractivity contribution in [1.82, 2.24) is 5.32 Å². The van der Waals surface area contributed by atoms with Crippen LogP contribution >= 0.6 is 23.2 Å². The van der Waals surface area contributed by atoms with Crippen LogP contribution in [0, 0.1) is 5.41 Å². The Kier molecular flexibility index (Phi) is 6.50. The Morgan fingerprint density at radius 2 is 1.76 bits per heavy atom. The third-order valence-corrected chi connectivity index (χ3v) is 5.60. The van der Waals surface area contributed by atoms with Gasteiger partial charge < -0.3 is 14.8 Å². The minimum Gasteiger partial charge on any atom is -0.490 e. The van der Waals surface area contributed by atoms with E-state index in [4.69, 9.17) is 32.7 Å². The van der Waals surface area contributed by atoms with Crippen LogP contribution < -0.4 is 14.8 Å². The Bertz CT molecular complexity index is 621. The van der Waals surface area contributed by atoms with Gasteiger partial charge in [-0.05, 0) is 50.8 Å². The van der Waals surface area contributed by atoms with Gasteiger partial charge in [-0.3, -0.25) is 4.79 Å². The molecule has 0 heterocycles. The van der Waals surface area contributed by atoms with E-state index in [1.165, 1.54) is 0 Å². The molecule has 6 heteroatoms. The molecule has 0 radical (unpaired) electrons. The Balaban J connectivity index is 2.10. The van der Waals surface area contributed by atoms with E-state index >= 15 is 0 Å². The van der Waals surface area contributed by atoms with Crippen molar-refractivity contribution < 1.29 is 14.3 Å². The summed E-state index contributed by atoms with van der Waals surface area (Å²) in [6, 6.07) is 5.58. The molecule has 2 rings (SSSR count). The van der Waals surface area contributed by atoms with Crippen molar-refractivity contribution in [2.75, 3.05) is 13.2 Å². The number of ether oxygens (including phenoxy) is 2. The number of alkyl halides is 2. The molecular formula is C19H27Cl2NO3. The first-order valence-corrected chi connectivity index (χ1v) is 9.59. The second kappa shape index (κ2) is 8.05. The van der Waals surface area contributed by atoms with E-state index in [9.17, 15) is 4.79 Å². The summed E-state index contributed by atoms with van der Waals surface area (Å²) < 4.78 is 10.6. The van der Waals surface area contributed by atoms with E-state index in [-0.39, 0.29) is 11.9 Å². The number of benzene rings is 1. The van der Waals surface area contributed by atoms with Gasteiger partial charge in [0.25, 0.3) is 0 Å². The number of carbonyl (C=O) groups excluding carboxylic acids is 1. The molecule has 1 saturated carbocycles. The van der Waals surface area contributed by atoms with Crippen LogP contribution in [0.3, 0.4) is 0 Å². The first-order valence-electron chi connectivity index (χ1n) is 8.83. The third kappa shape index (κ3) is 4.53. The average molecular weight is 388 g/mol. The molecule has 1 aromatic carbocycles. The summed E-state index contributed by atoms with van der Waals surface area (Å²) in [4.78, 5) is 12.5. The highest BCUT2D eigenvalue weighted by atomic mass is 35.5. The van der Waals surface area contributed by atoms with E-state index in [1.54, 1.807) is 6.92 Å². The van der Waals surface area contributed by atoms with Gasteiger partial charge in [0.15, 0.2) is 11.5 Å². The second-order valence-corrected chi connectivity index (χ2v) is 8.30. The number of nitrogens with one attached hydrogen (secondary N) is 1. The quantitative estimate of drug-likeness (QED) is 0.604. The van der Waals surface area contributed by atoms with E-state index < -0.39 is 9.75 Å². The molecule has 0 bridgehead atoms. The van der Waals surface area contributed by atoms with Gasteiger partial charge in [-0.25, -0.2) is 0 Å². The van der Waals surface area contributed by atoms with Crippen LogP contribution in [-0.2, 0) is 4.79 Å². The molecule has 4 nitrogen and oxygen atoms in total. The molecule has 1 aliphatic rings. The standard InChI is InChI=1S/C19H27Cl2NO3/c1-5-9-24-15-8-7-14(11-16(15)25-10-6-2)13(3)22-17(23)18(4)12-19(18,20)21/h7-8,11,13H,5-6,9-10,12H2,1-4H3,(H,22,23)/t13-,18-/m0/s1. The van der Waals surface area contributed by atoms with Crippen LogP contribution in [0.25, 0.3) is 0 Å². The number of hydrogen-bond acceptors (Lipinski definition) is 3. The molecule has 1 aliphatic carbocycles. The first-order chi connectivity index (χ1) is 11.7. The largest absolute Gasteiger partial charge is 0.490 e. The zero-order valence-corrected chi connectivity index (χ0v) is 16.8. The lowest BCUT2D eigenvalue weighted by molar-refractivity contribution is -0.126. The zero-order valence-electron chi connectivity index (χ0n) is 15.3. The summed E-state index contributed by atoms with van der Waals surface area (Å²) in [5.74, 6) is 1.30. The van der Waals surface area contributed by atoms with Crippen molar-refractivity contribution in [1.29, 1.82) is 0 Å². The topological polar surface area (TPSA) is 47.6 Å². The van der Waals surface area contributed by atoms with Crippen molar-refractivity contribution in [2.45, 2.75) is 57.3 Å². The number of rotatable bonds is 9. The Labute approximate surface area is 160 Å². The zero-order chi connectivity index (χ0) is 18.7. The number of carbonyl (C=O) groups is 1. The van der Waals surface area contributed by atoms with E-state index in [2.05, 4.69) is 19.2 Å². The van der Waals surface area contributed by atoms with Gasteiger partial charge in [0.05, 0.1) is 24.7 Å². The molecule has 0 unspecified atom stereocenters. The lowest BCUT2D eigenvalue weighted by Crippen LogP contribution is -2.35.